The van der Waals surface area contributed by atoms with Gasteiger partial charge < -0.3 is 10.0 Å². The Kier molecular flexibility index (Phi) is 5.44. The smallest absolute Gasteiger partial charge is 0.124 e. The monoisotopic (exact) mass is 357 g/mol. The van der Waals surface area contributed by atoms with Crippen LogP contribution >= 0.6 is 15.9 Å². The zero-order valence-corrected chi connectivity index (χ0v) is 14.7. The predicted molar refractivity (Wildman–Crippen MR) is 87.9 cm³/mol. The van der Waals surface area contributed by atoms with E-state index in [0.717, 1.165) is 29.3 Å². The Morgan fingerprint density at radius 3 is 2.71 bits per heavy atom. The van der Waals surface area contributed by atoms with E-state index in [1.807, 2.05) is 20.2 Å². The first-order valence-electron chi connectivity index (χ1n) is 7.64. The van der Waals surface area contributed by atoms with Crippen molar-refractivity contribution >= 4 is 15.9 Å². The molecule has 2 rings (SSSR count). The zero-order chi connectivity index (χ0) is 15.6. The molecule has 1 saturated carbocycles. The van der Waals surface area contributed by atoms with Gasteiger partial charge in [-0.2, -0.15) is 0 Å². The third kappa shape index (κ3) is 3.85. The average Bonchev–Trinajstić information content (AvgIpc) is 2.36. The van der Waals surface area contributed by atoms with Gasteiger partial charge in [0.1, 0.15) is 5.82 Å². The topological polar surface area (TPSA) is 23.5 Å². The highest BCUT2D eigenvalue weighted by Gasteiger charge is 2.42. The van der Waals surface area contributed by atoms with Gasteiger partial charge in [0, 0.05) is 16.4 Å². The van der Waals surface area contributed by atoms with Crippen molar-refractivity contribution in [1.29, 1.82) is 0 Å². The molecule has 4 heteroatoms. The SMILES string of the molecule is CC1CCCC(C(O)Cc2cc(F)cc(Br)c2)(N(C)C)C1. The molecule has 1 aromatic rings. The van der Waals surface area contributed by atoms with Gasteiger partial charge in [0.05, 0.1) is 6.10 Å². The number of aliphatic hydroxyl groups excluding tert-OH is 1. The third-order valence-corrected chi connectivity index (χ3v) is 5.33. The first kappa shape index (κ1) is 16.9. The van der Waals surface area contributed by atoms with E-state index in [9.17, 15) is 9.50 Å². The van der Waals surface area contributed by atoms with E-state index in [-0.39, 0.29) is 11.4 Å². The lowest BCUT2D eigenvalue weighted by atomic mass is 9.71. The van der Waals surface area contributed by atoms with Crippen molar-refractivity contribution in [3.63, 3.8) is 0 Å². The highest BCUT2D eigenvalue weighted by Crippen LogP contribution is 2.39. The summed E-state index contributed by atoms with van der Waals surface area (Å²) in [6.07, 6.45) is 4.38. The Balaban J connectivity index is 2.20. The normalized spacial score (nSPS) is 27.9. The van der Waals surface area contributed by atoms with Crippen LogP contribution in [0.15, 0.2) is 22.7 Å². The maximum absolute atomic E-state index is 13.5. The van der Waals surface area contributed by atoms with Crippen molar-refractivity contribution < 1.29 is 9.50 Å². The fourth-order valence-electron chi connectivity index (χ4n) is 3.71. The summed E-state index contributed by atoms with van der Waals surface area (Å²) in [7, 11) is 4.09. The molecule has 0 amide bonds. The maximum atomic E-state index is 13.5. The number of aliphatic hydroxyl groups is 1. The number of hydrogen-bond acceptors (Lipinski definition) is 2. The molecule has 21 heavy (non-hydrogen) atoms. The lowest BCUT2D eigenvalue weighted by Crippen LogP contribution is -2.56. The van der Waals surface area contributed by atoms with Gasteiger partial charge in [-0.15, -0.1) is 0 Å². The highest BCUT2D eigenvalue weighted by atomic mass is 79.9. The van der Waals surface area contributed by atoms with E-state index < -0.39 is 6.10 Å². The minimum absolute atomic E-state index is 0.198. The molecule has 3 atom stereocenters. The minimum Gasteiger partial charge on any atom is -0.391 e. The Hall–Kier alpha value is -0.450. The van der Waals surface area contributed by atoms with E-state index in [1.54, 1.807) is 0 Å². The summed E-state index contributed by atoms with van der Waals surface area (Å²) in [4.78, 5) is 2.17. The van der Waals surface area contributed by atoms with Gasteiger partial charge in [-0.05, 0) is 56.6 Å². The Morgan fingerprint density at radius 2 is 2.14 bits per heavy atom. The van der Waals surface area contributed by atoms with E-state index in [0.29, 0.717) is 12.3 Å². The summed E-state index contributed by atoms with van der Waals surface area (Å²) in [6.45, 7) is 2.25. The fraction of sp³-hybridized carbons (Fsp3) is 0.647. The van der Waals surface area contributed by atoms with Crippen molar-refractivity contribution in [3.05, 3.63) is 34.1 Å². The number of benzene rings is 1. The van der Waals surface area contributed by atoms with Crippen LogP contribution in [0, 0.1) is 11.7 Å². The molecule has 0 heterocycles. The summed E-state index contributed by atoms with van der Waals surface area (Å²) >= 11 is 3.32. The molecule has 0 saturated heterocycles. The molecule has 3 unspecified atom stereocenters. The zero-order valence-electron chi connectivity index (χ0n) is 13.1. The number of likely N-dealkylation sites (N-methyl/N-ethyl adjacent to an activating group) is 1. The molecular weight excluding hydrogens is 333 g/mol. The molecule has 0 aromatic heterocycles. The molecule has 1 aliphatic carbocycles. The molecule has 118 valence electrons. The molecular formula is C17H25BrFNO. The van der Waals surface area contributed by atoms with Gasteiger partial charge in [0.2, 0.25) is 0 Å². The molecule has 1 aromatic carbocycles. The van der Waals surface area contributed by atoms with Crippen LogP contribution in [0.1, 0.15) is 38.2 Å². The molecule has 0 spiro atoms. The standard InChI is InChI=1S/C17H25BrFNO/c1-12-5-4-6-17(11-12,20(2)3)16(21)9-13-7-14(18)10-15(19)8-13/h7-8,10,12,16,21H,4-6,9,11H2,1-3H3. The summed E-state index contributed by atoms with van der Waals surface area (Å²) < 4.78 is 14.2. The minimum atomic E-state index is -0.482. The molecule has 1 aliphatic rings. The van der Waals surface area contributed by atoms with Crippen LogP contribution in [-0.2, 0) is 6.42 Å². The number of hydrogen-bond donors (Lipinski definition) is 1. The second-order valence-electron chi connectivity index (χ2n) is 6.70. The van der Waals surface area contributed by atoms with Gasteiger partial charge in [-0.25, -0.2) is 4.39 Å². The second-order valence-corrected chi connectivity index (χ2v) is 7.61. The van der Waals surface area contributed by atoms with Gasteiger partial charge in [-0.1, -0.05) is 35.7 Å². The van der Waals surface area contributed by atoms with Crippen LogP contribution in [0.25, 0.3) is 0 Å². The maximum Gasteiger partial charge on any atom is 0.124 e. The van der Waals surface area contributed by atoms with Crippen molar-refractivity contribution in [1.82, 2.24) is 4.90 Å². The number of rotatable bonds is 4. The van der Waals surface area contributed by atoms with Crippen molar-refractivity contribution in [2.75, 3.05) is 14.1 Å². The fourth-order valence-corrected chi connectivity index (χ4v) is 4.23. The summed E-state index contributed by atoms with van der Waals surface area (Å²) in [5, 5.41) is 10.9. The van der Waals surface area contributed by atoms with Gasteiger partial charge in [-0.3, -0.25) is 0 Å². The molecule has 0 bridgehead atoms. The summed E-state index contributed by atoms with van der Waals surface area (Å²) in [6, 6.07) is 4.85. The van der Waals surface area contributed by atoms with Crippen molar-refractivity contribution in [3.8, 4) is 0 Å². The Labute approximate surface area is 135 Å². The van der Waals surface area contributed by atoms with Crippen molar-refractivity contribution in [2.24, 2.45) is 5.92 Å². The first-order chi connectivity index (χ1) is 9.83. The quantitative estimate of drug-likeness (QED) is 0.879. The van der Waals surface area contributed by atoms with E-state index in [2.05, 4.69) is 27.8 Å². The van der Waals surface area contributed by atoms with Crippen LogP contribution in [0.2, 0.25) is 0 Å². The highest BCUT2D eigenvalue weighted by molar-refractivity contribution is 9.10. The van der Waals surface area contributed by atoms with Crippen LogP contribution < -0.4 is 0 Å². The van der Waals surface area contributed by atoms with Crippen LogP contribution in [0.3, 0.4) is 0 Å². The van der Waals surface area contributed by atoms with Crippen LogP contribution in [0.5, 0.6) is 0 Å². The molecule has 0 radical (unpaired) electrons. The molecule has 1 fully saturated rings. The number of nitrogens with zero attached hydrogens (tertiary/aromatic N) is 1. The van der Waals surface area contributed by atoms with E-state index in [4.69, 9.17) is 0 Å². The summed E-state index contributed by atoms with van der Waals surface area (Å²) in [5.74, 6) is 0.359. The van der Waals surface area contributed by atoms with Crippen molar-refractivity contribution in [2.45, 2.75) is 50.7 Å². The predicted octanol–water partition coefficient (Wildman–Crippen LogP) is 4.00. The first-order valence-corrected chi connectivity index (χ1v) is 8.43. The molecule has 1 N–H and O–H groups in total. The second kappa shape index (κ2) is 6.76. The van der Waals surface area contributed by atoms with E-state index >= 15 is 0 Å². The lowest BCUT2D eigenvalue weighted by molar-refractivity contribution is -0.0424. The van der Waals surface area contributed by atoms with Crippen LogP contribution in [-0.4, -0.2) is 35.7 Å². The summed E-state index contributed by atoms with van der Waals surface area (Å²) in [5.41, 5.74) is 0.644. The largest absolute Gasteiger partial charge is 0.391 e. The Morgan fingerprint density at radius 1 is 1.43 bits per heavy atom. The number of halogens is 2. The lowest BCUT2D eigenvalue weighted by Gasteiger charge is -2.48. The van der Waals surface area contributed by atoms with Gasteiger partial charge in [0.15, 0.2) is 0 Å². The van der Waals surface area contributed by atoms with Gasteiger partial charge >= 0.3 is 0 Å². The van der Waals surface area contributed by atoms with E-state index in [1.165, 1.54) is 18.6 Å². The Bertz CT molecular complexity index is 473. The third-order valence-electron chi connectivity index (χ3n) is 4.87. The molecule has 0 aliphatic heterocycles. The van der Waals surface area contributed by atoms with Crippen LogP contribution in [0.4, 0.5) is 4.39 Å². The van der Waals surface area contributed by atoms with Gasteiger partial charge in [0.25, 0.3) is 0 Å². The average molecular weight is 358 g/mol. The molecule has 2 nitrogen and oxygen atoms in total.